The first-order chi connectivity index (χ1) is 9.51. The maximum absolute atomic E-state index is 13.0. The Hall–Kier alpha value is -1.39. The summed E-state index contributed by atoms with van der Waals surface area (Å²) < 4.78 is 19.4. The van der Waals surface area contributed by atoms with Gasteiger partial charge in [-0.15, -0.1) is 0 Å². The van der Waals surface area contributed by atoms with Gasteiger partial charge in [0.15, 0.2) is 6.29 Å². The summed E-state index contributed by atoms with van der Waals surface area (Å²) in [6.07, 6.45) is 0.735. The molecule has 0 aliphatic heterocycles. The molecule has 0 aliphatic rings. The Morgan fingerprint density at radius 2 is 2.10 bits per heavy atom. The van der Waals surface area contributed by atoms with Crippen molar-refractivity contribution in [2.45, 2.75) is 13.5 Å². The zero-order valence-electron chi connectivity index (χ0n) is 10.6. The van der Waals surface area contributed by atoms with Crippen molar-refractivity contribution in [3.05, 3.63) is 62.3 Å². The number of aldehydes is 1. The van der Waals surface area contributed by atoms with Crippen molar-refractivity contribution in [2.24, 2.45) is 0 Å². The standard InChI is InChI=1S/C15H11BrClFO2/c1-9-4-12(16)5-11(7-19)15(9)20-8-10-2-3-13(18)6-14(10)17/h2-7H,8H2,1H3. The van der Waals surface area contributed by atoms with Crippen molar-refractivity contribution in [1.29, 1.82) is 0 Å². The second-order valence-corrected chi connectivity index (χ2v) is 5.61. The number of ether oxygens (including phenoxy) is 1. The summed E-state index contributed by atoms with van der Waals surface area (Å²) in [5, 5.41) is 0.299. The lowest BCUT2D eigenvalue weighted by Gasteiger charge is -2.13. The highest BCUT2D eigenvalue weighted by molar-refractivity contribution is 9.10. The number of aryl methyl sites for hydroxylation is 1. The van der Waals surface area contributed by atoms with Crippen molar-refractivity contribution in [2.75, 3.05) is 0 Å². The van der Waals surface area contributed by atoms with Gasteiger partial charge in [0, 0.05) is 10.0 Å². The van der Waals surface area contributed by atoms with E-state index in [1.165, 1.54) is 12.1 Å². The summed E-state index contributed by atoms with van der Waals surface area (Å²) in [6.45, 7) is 2.02. The lowest BCUT2D eigenvalue weighted by Crippen LogP contribution is -2.01. The number of carbonyl (C=O) groups is 1. The van der Waals surface area contributed by atoms with Crippen LogP contribution in [0.5, 0.6) is 5.75 Å². The molecule has 0 unspecified atom stereocenters. The Bertz CT molecular complexity index is 659. The first kappa shape index (κ1) is 15.0. The number of hydrogen-bond acceptors (Lipinski definition) is 2. The highest BCUT2D eigenvalue weighted by atomic mass is 79.9. The molecule has 0 N–H and O–H groups in total. The molecule has 0 aliphatic carbocycles. The summed E-state index contributed by atoms with van der Waals surface area (Å²) in [6, 6.07) is 7.65. The third kappa shape index (κ3) is 3.38. The highest BCUT2D eigenvalue weighted by Crippen LogP contribution is 2.28. The van der Waals surface area contributed by atoms with Crippen LogP contribution in [0.15, 0.2) is 34.8 Å². The predicted molar refractivity (Wildman–Crippen MR) is 80.0 cm³/mol. The summed E-state index contributed by atoms with van der Waals surface area (Å²) in [5.74, 6) is 0.107. The van der Waals surface area contributed by atoms with Crippen LogP contribution in [-0.2, 0) is 6.61 Å². The predicted octanol–water partition coefficient (Wildman–Crippen LogP) is 4.94. The fraction of sp³-hybridized carbons (Fsp3) is 0.133. The maximum atomic E-state index is 13.0. The lowest BCUT2D eigenvalue weighted by molar-refractivity contribution is 0.111. The molecule has 0 bridgehead atoms. The van der Waals surface area contributed by atoms with E-state index in [2.05, 4.69) is 15.9 Å². The fourth-order valence-electron chi connectivity index (χ4n) is 1.83. The summed E-state index contributed by atoms with van der Waals surface area (Å²) in [7, 11) is 0. The number of halogens is 3. The molecule has 0 saturated heterocycles. The molecular weight excluding hydrogens is 347 g/mol. The van der Waals surface area contributed by atoms with Crippen LogP contribution in [0.4, 0.5) is 4.39 Å². The number of benzene rings is 2. The highest BCUT2D eigenvalue weighted by Gasteiger charge is 2.10. The topological polar surface area (TPSA) is 26.3 Å². The molecule has 2 aromatic rings. The third-order valence-electron chi connectivity index (χ3n) is 2.78. The molecule has 0 spiro atoms. The van der Waals surface area contributed by atoms with E-state index in [1.54, 1.807) is 12.1 Å². The zero-order chi connectivity index (χ0) is 14.7. The summed E-state index contributed by atoms with van der Waals surface area (Å²) in [5.41, 5.74) is 1.95. The second-order valence-electron chi connectivity index (χ2n) is 4.28. The van der Waals surface area contributed by atoms with Gasteiger partial charge in [-0.1, -0.05) is 33.6 Å². The van der Waals surface area contributed by atoms with Crippen molar-refractivity contribution in [3.63, 3.8) is 0 Å². The van der Waals surface area contributed by atoms with Gasteiger partial charge in [0.25, 0.3) is 0 Å². The van der Waals surface area contributed by atoms with Crippen LogP contribution in [0, 0.1) is 12.7 Å². The molecule has 0 radical (unpaired) electrons. The Labute approximate surface area is 129 Å². The molecule has 0 amide bonds. The van der Waals surface area contributed by atoms with E-state index in [9.17, 15) is 9.18 Å². The van der Waals surface area contributed by atoms with E-state index in [1.807, 2.05) is 13.0 Å². The molecular formula is C15H11BrClFO2. The molecule has 2 rings (SSSR count). The van der Waals surface area contributed by atoms with Gasteiger partial charge in [0.1, 0.15) is 18.2 Å². The van der Waals surface area contributed by atoms with Crippen LogP contribution in [-0.4, -0.2) is 6.29 Å². The largest absolute Gasteiger partial charge is 0.488 e. The van der Waals surface area contributed by atoms with E-state index in [-0.39, 0.29) is 6.61 Å². The first-order valence-corrected chi connectivity index (χ1v) is 7.00. The Morgan fingerprint density at radius 1 is 1.35 bits per heavy atom. The molecule has 0 aromatic heterocycles. The molecule has 0 heterocycles. The van der Waals surface area contributed by atoms with Gasteiger partial charge in [-0.25, -0.2) is 4.39 Å². The van der Waals surface area contributed by atoms with Crippen molar-refractivity contribution in [1.82, 2.24) is 0 Å². The Balaban J connectivity index is 2.25. The van der Waals surface area contributed by atoms with Crippen LogP contribution in [0.2, 0.25) is 5.02 Å². The average Bonchev–Trinajstić information content (AvgIpc) is 2.38. The lowest BCUT2D eigenvalue weighted by atomic mass is 10.1. The van der Waals surface area contributed by atoms with Gasteiger partial charge in [-0.05, 0) is 36.8 Å². The quantitative estimate of drug-likeness (QED) is 0.724. The normalized spacial score (nSPS) is 10.4. The van der Waals surface area contributed by atoms with Crippen molar-refractivity contribution in [3.8, 4) is 5.75 Å². The summed E-state index contributed by atoms with van der Waals surface area (Å²) in [4.78, 5) is 11.1. The number of hydrogen-bond donors (Lipinski definition) is 0. The smallest absolute Gasteiger partial charge is 0.153 e. The van der Waals surface area contributed by atoms with E-state index >= 15 is 0 Å². The third-order valence-corrected chi connectivity index (χ3v) is 3.59. The van der Waals surface area contributed by atoms with Crippen LogP contribution in [0.1, 0.15) is 21.5 Å². The minimum atomic E-state index is -0.396. The van der Waals surface area contributed by atoms with E-state index < -0.39 is 5.82 Å². The first-order valence-electron chi connectivity index (χ1n) is 5.83. The van der Waals surface area contributed by atoms with Gasteiger partial charge < -0.3 is 4.74 Å². The molecule has 104 valence electrons. The average molecular weight is 358 g/mol. The molecule has 0 fully saturated rings. The maximum Gasteiger partial charge on any atom is 0.153 e. The molecule has 20 heavy (non-hydrogen) atoms. The SMILES string of the molecule is Cc1cc(Br)cc(C=O)c1OCc1ccc(F)cc1Cl. The van der Waals surface area contributed by atoms with Crippen molar-refractivity contribution >= 4 is 33.8 Å². The Morgan fingerprint density at radius 3 is 2.75 bits per heavy atom. The molecule has 5 heteroatoms. The van der Waals surface area contributed by atoms with Gasteiger partial charge in [0.05, 0.1) is 10.6 Å². The second kappa shape index (κ2) is 6.37. The van der Waals surface area contributed by atoms with E-state index in [0.717, 1.165) is 16.3 Å². The fourth-order valence-corrected chi connectivity index (χ4v) is 2.64. The van der Waals surface area contributed by atoms with Gasteiger partial charge in [0.2, 0.25) is 0 Å². The van der Waals surface area contributed by atoms with Crippen LogP contribution in [0.25, 0.3) is 0 Å². The monoisotopic (exact) mass is 356 g/mol. The molecule has 0 saturated carbocycles. The minimum Gasteiger partial charge on any atom is -0.488 e. The number of rotatable bonds is 4. The van der Waals surface area contributed by atoms with Crippen LogP contribution in [0.3, 0.4) is 0 Å². The van der Waals surface area contributed by atoms with Gasteiger partial charge in [-0.3, -0.25) is 4.79 Å². The molecule has 0 atom stereocenters. The molecule has 2 aromatic carbocycles. The van der Waals surface area contributed by atoms with Crippen LogP contribution >= 0.6 is 27.5 Å². The van der Waals surface area contributed by atoms with E-state index in [0.29, 0.717) is 21.9 Å². The van der Waals surface area contributed by atoms with Gasteiger partial charge >= 0.3 is 0 Å². The van der Waals surface area contributed by atoms with Crippen molar-refractivity contribution < 1.29 is 13.9 Å². The summed E-state index contributed by atoms with van der Waals surface area (Å²) >= 11 is 9.26. The van der Waals surface area contributed by atoms with Crippen LogP contribution < -0.4 is 4.74 Å². The van der Waals surface area contributed by atoms with Gasteiger partial charge in [-0.2, -0.15) is 0 Å². The van der Waals surface area contributed by atoms with E-state index in [4.69, 9.17) is 16.3 Å². The minimum absolute atomic E-state index is 0.169. The zero-order valence-corrected chi connectivity index (χ0v) is 13.0. The Kier molecular flexibility index (Phi) is 4.78. The molecule has 2 nitrogen and oxygen atoms in total. The number of carbonyl (C=O) groups excluding carboxylic acids is 1.